The van der Waals surface area contributed by atoms with Gasteiger partial charge in [-0.2, -0.15) is 0 Å². The maximum Gasteiger partial charge on any atom is 0.0396 e. The van der Waals surface area contributed by atoms with Crippen LogP contribution in [0.1, 0.15) is 50.7 Å². The van der Waals surface area contributed by atoms with Gasteiger partial charge in [-0.3, -0.25) is 0 Å². The van der Waals surface area contributed by atoms with E-state index in [1.54, 1.807) is 0 Å². The molecule has 0 aliphatic heterocycles. The molecule has 112 valence electrons. The summed E-state index contributed by atoms with van der Waals surface area (Å²) in [6, 6.07) is 7.67. The molecule has 1 aliphatic rings. The predicted octanol–water partition coefficient (Wildman–Crippen LogP) is 4.12. The Hall–Kier alpha value is -1.02. The zero-order valence-corrected chi connectivity index (χ0v) is 13.6. The van der Waals surface area contributed by atoms with Crippen LogP contribution in [0.3, 0.4) is 0 Å². The average molecular weight is 274 g/mol. The fourth-order valence-electron chi connectivity index (χ4n) is 3.22. The first kappa shape index (κ1) is 15.4. The second-order valence-corrected chi connectivity index (χ2v) is 6.69. The van der Waals surface area contributed by atoms with Crippen molar-refractivity contribution in [3.05, 3.63) is 29.3 Å². The van der Waals surface area contributed by atoms with Gasteiger partial charge in [-0.05, 0) is 49.4 Å². The second-order valence-electron chi connectivity index (χ2n) is 6.69. The monoisotopic (exact) mass is 274 g/mol. The Bertz CT molecular complexity index is 419. The van der Waals surface area contributed by atoms with Crippen LogP contribution in [0, 0.1) is 12.8 Å². The number of hydrogen-bond donors (Lipinski definition) is 1. The molecule has 0 unspecified atom stereocenters. The van der Waals surface area contributed by atoms with Gasteiger partial charge in [0.05, 0.1) is 0 Å². The Morgan fingerprint density at radius 2 is 1.95 bits per heavy atom. The highest BCUT2D eigenvalue weighted by Crippen LogP contribution is 2.29. The molecule has 0 aromatic heterocycles. The summed E-state index contributed by atoms with van der Waals surface area (Å²) in [5, 5.41) is 3.52. The summed E-state index contributed by atoms with van der Waals surface area (Å²) in [5.41, 5.74) is 4.21. The summed E-state index contributed by atoms with van der Waals surface area (Å²) < 4.78 is 0. The molecule has 1 fully saturated rings. The van der Waals surface area contributed by atoms with Crippen LogP contribution in [-0.2, 0) is 6.54 Å². The van der Waals surface area contributed by atoms with E-state index in [1.165, 1.54) is 42.5 Å². The van der Waals surface area contributed by atoms with Crippen LogP contribution in [0.4, 0.5) is 5.69 Å². The van der Waals surface area contributed by atoms with E-state index in [4.69, 9.17) is 0 Å². The lowest BCUT2D eigenvalue weighted by Crippen LogP contribution is -2.29. The lowest BCUT2D eigenvalue weighted by Gasteiger charge is -2.28. The van der Waals surface area contributed by atoms with Crippen molar-refractivity contribution in [3.63, 3.8) is 0 Å². The van der Waals surface area contributed by atoms with E-state index in [0.29, 0.717) is 5.92 Å². The molecular weight excluding hydrogens is 244 g/mol. The normalized spacial score (nSPS) is 16.1. The number of rotatable bonds is 6. The molecule has 2 nitrogen and oxygen atoms in total. The standard InChI is InChI=1S/C18H30N2/c1-14(2)12-19-13-16-9-10-18(15(3)11-16)20(4)17-7-5-6-8-17/h9-11,14,17,19H,5-8,12-13H2,1-4H3. The first-order valence-electron chi connectivity index (χ1n) is 8.11. The van der Waals surface area contributed by atoms with Crippen molar-refractivity contribution in [1.29, 1.82) is 0 Å². The predicted molar refractivity (Wildman–Crippen MR) is 88.4 cm³/mol. The zero-order valence-electron chi connectivity index (χ0n) is 13.6. The fourth-order valence-corrected chi connectivity index (χ4v) is 3.22. The molecule has 2 heteroatoms. The number of nitrogens with zero attached hydrogens (tertiary/aromatic N) is 1. The number of aryl methyl sites for hydroxylation is 1. The number of anilines is 1. The summed E-state index contributed by atoms with van der Waals surface area (Å²) >= 11 is 0. The lowest BCUT2D eigenvalue weighted by atomic mass is 10.1. The van der Waals surface area contributed by atoms with Crippen molar-refractivity contribution in [1.82, 2.24) is 5.32 Å². The van der Waals surface area contributed by atoms with Crippen molar-refractivity contribution < 1.29 is 0 Å². The molecule has 0 heterocycles. The Morgan fingerprint density at radius 1 is 1.25 bits per heavy atom. The molecular formula is C18H30N2. The Kier molecular flexibility index (Phi) is 5.47. The summed E-state index contributed by atoms with van der Waals surface area (Å²) in [6.07, 6.45) is 5.50. The molecule has 0 saturated heterocycles. The zero-order chi connectivity index (χ0) is 14.5. The molecule has 1 aromatic carbocycles. The molecule has 1 saturated carbocycles. The molecule has 20 heavy (non-hydrogen) atoms. The molecule has 1 N–H and O–H groups in total. The minimum absolute atomic E-state index is 0.712. The lowest BCUT2D eigenvalue weighted by molar-refractivity contribution is 0.552. The highest BCUT2D eigenvalue weighted by atomic mass is 15.1. The molecule has 0 spiro atoms. The summed E-state index contributed by atoms with van der Waals surface area (Å²) in [4.78, 5) is 2.49. The van der Waals surface area contributed by atoms with Gasteiger partial charge >= 0.3 is 0 Å². The van der Waals surface area contributed by atoms with Gasteiger partial charge in [0.15, 0.2) is 0 Å². The summed E-state index contributed by atoms with van der Waals surface area (Å²) in [5.74, 6) is 0.712. The highest BCUT2D eigenvalue weighted by molar-refractivity contribution is 5.54. The first-order valence-corrected chi connectivity index (χ1v) is 8.11. The number of hydrogen-bond acceptors (Lipinski definition) is 2. The van der Waals surface area contributed by atoms with E-state index in [1.807, 2.05) is 0 Å². The van der Waals surface area contributed by atoms with Gasteiger partial charge in [-0.15, -0.1) is 0 Å². The quantitative estimate of drug-likeness (QED) is 0.839. The fraction of sp³-hybridized carbons (Fsp3) is 0.667. The van der Waals surface area contributed by atoms with E-state index in [-0.39, 0.29) is 0 Å². The molecule has 2 rings (SSSR count). The number of benzene rings is 1. The smallest absolute Gasteiger partial charge is 0.0396 e. The van der Waals surface area contributed by atoms with Crippen molar-refractivity contribution in [2.45, 2.75) is 59.0 Å². The van der Waals surface area contributed by atoms with Gasteiger partial charge in [0.2, 0.25) is 0 Å². The minimum Gasteiger partial charge on any atom is -0.371 e. The van der Waals surface area contributed by atoms with Crippen molar-refractivity contribution in [2.24, 2.45) is 5.92 Å². The maximum atomic E-state index is 3.52. The van der Waals surface area contributed by atoms with Gasteiger partial charge in [0, 0.05) is 25.3 Å². The van der Waals surface area contributed by atoms with E-state index < -0.39 is 0 Å². The van der Waals surface area contributed by atoms with Crippen molar-refractivity contribution in [2.75, 3.05) is 18.5 Å². The second kappa shape index (κ2) is 7.12. The molecule has 1 aromatic rings. The van der Waals surface area contributed by atoms with E-state index in [9.17, 15) is 0 Å². The van der Waals surface area contributed by atoms with Crippen LogP contribution >= 0.6 is 0 Å². The van der Waals surface area contributed by atoms with Crippen LogP contribution in [0.5, 0.6) is 0 Å². The Labute approximate surface area is 124 Å². The van der Waals surface area contributed by atoms with Crippen molar-refractivity contribution >= 4 is 5.69 Å². The molecule has 0 radical (unpaired) electrons. The Morgan fingerprint density at radius 3 is 2.55 bits per heavy atom. The van der Waals surface area contributed by atoms with Gasteiger partial charge in [0.1, 0.15) is 0 Å². The van der Waals surface area contributed by atoms with Crippen LogP contribution in [-0.4, -0.2) is 19.6 Å². The topological polar surface area (TPSA) is 15.3 Å². The third-order valence-corrected chi connectivity index (χ3v) is 4.40. The maximum absolute atomic E-state index is 3.52. The van der Waals surface area contributed by atoms with Crippen molar-refractivity contribution in [3.8, 4) is 0 Å². The Balaban J connectivity index is 1.98. The minimum atomic E-state index is 0.712. The van der Waals surface area contributed by atoms with Gasteiger partial charge < -0.3 is 10.2 Å². The summed E-state index contributed by atoms with van der Waals surface area (Å²) in [6.45, 7) is 8.80. The largest absolute Gasteiger partial charge is 0.371 e. The van der Waals surface area contributed by atoms with E-state index in [2.05, 4.69) is 56.2 Å². The van der Waals surface area contributed by atoms with Crippen LogP contribution < -0.4 is 10.2 Å². The van der Waals surface area contributed by atoms with Crippen LogP contribution in [0.2, 0.25) is 0 Å². The van der Waals surface area contributed by atoms with Gasteiger partial charge in [0.25, 0.3) is 0 Å². The SMILES string of the molecule is Cc1cc(CNCC(C)C)ccc1N(C)C1CCCC1. The van der Waals surface area contributed by atoms with Crippen LogP contribution in [0.25, 0.3) is 0 Å². The highest BCUT2D eigenvalue weighted by Gasteiger charge is 2.20. The van der Waals surface area contributed by atoms with Gasteiger partial charge in [-0.25, -0.2) is 0 Å². The third kappa shape index (κ3) is 3.99. The number of nitrogens with one attached hydrogen (secondary N) is 1. The van der Waals surface area contributed by atoms with Gasteiger partial charge in [-0.1, -0.05) is 38.8 Å². The molecule has 1 aliphatic carbocycles. The first-order chi connectivity index (χ1) is 9.58. The molecule has 0 atom stereocenters. The van der Waals surface area contributed by atoms with E-state index >= 15 is 0 Å². The third-order valence-electron chi connectivity index (χ3n) is 4.40. The summed E-state index contributed by atoms with van der Waals surface area (Å²) in [7, 11) is 2.26. The van der Waals surface area contributed by atoms with E-state index in [0.717, 1.165) is 19.1 Å². The van der Waals surface area contributed by atoms with Crippen LogP contribution in [0.15, 0.2) is 18.2 Å². The molecule has 0 bridgehead atoms. The molecule has 0 amide bonds. The average Bonchev–Trinajstić information content (AvgIpc) is 2.91.